The minimum atomic E-state index is 0.455. The average Bonchev–Trinajstić information content (AvgIpc) is 2.64. The third kappa shape index (κ3) is 1.95. The number of rotatable bonds is 3. The highest BCUT2D eigenvalue weighted by atomic mass is 16.5. The monoisotopic (exact) mass is 219 g/mol. The Morgan fingerprint density at radius 2 is 2.25 bits per heavy atom. The van der Waals surface area contributed by atoms with Crippen molar-refractivity contribution in [2.24, 2.45) is 7.05 Å². The van der Waals surface area contributed by atoms with Crippen molar-refractivity contribution in [3.05, 3.63) is 24.3 Å². The second-order valence-corrected chi connectivity index (χ2v) is 3.35. The number of aryl methyl sites for hydroxylation is 1. The number of ether oxygens (including phenoxy) is 1. The van der Waals surface area contributed by atoms with Crippen LogP contribution >= 0.6 is 0 Å². The number of anilines is 1. The summed E-state index contributed by atoms with van der Waals surface area (Å²) in [5.41, 5.74) is 6.55. The first kappa shape index (κ1) is 10.4. The van der Waals surface area contributed by atoms with Crippen molar-refractivity contribution in [3.63, 3.8) is 0 Å². The zero-order chi connectivity index (χ0) is 11.5. The lowest BCUT2D eigenvalue weighted by molar-refractivity contribution is 0.455. The first-order valence-corrected chi connectivity index (χ1v) is 4.96. The zero-order valence-corrected chi connectivity index (χ0v) is 9.21. The summed E-state index contributed by atoms with van der Waals surface area (Å²) in [6.45, 7) is 1.98. The summed E-state index contributed by atoms with van der Waals surface area (Å²) in [6.07, 6.45) is 5.50. The largest absolute Gasteiger partial charge is 0.435 e. The molecule has 2 heterocycles. The Hall–Kier alpha value is -2.11. The molecule has 0 atom stereocenters. The lowest BCUT2D eigenvalue weighted by Crippen LogP contribution is -2.01. The molecular weight excluding hydrogens is 206 g/mol. The molecule has 2 rings (SSSR count). The van der Waals surface area contributed by atoms with Crippen molar-refractivity contribution < 1.29 is 4.74 Å². The van der Waals surface area contributed by atoms with Gasteiger partial charge in [0, 0.05) is 7.05 Å². The van der Waals surface area contributed by atoms with E-state index in [0.717, 1.165) is 12.0 Å². The van der Waals surface area contributed by atoms with Crippen LogP contribution < -0.4 is 10.5 Å². The number of hydrogen-bond acceptors (Lipinski definition) is 5. The highest BCUT2D eigenvalue weighted by Crippen LogP contribution is 2.25. The maximum Gasteiger partial charge on any atom is 0.227 e. The van der Waals surface area contributed by atoms with Crippen LogP contribution in [-0.4, -0.2) is 19.7 Å². The Labute approximate surface area is 93.1 Å². The van der Waals surface area contributed by atoms with Gasteiger partial charge in [-0.05, 0) is 6.42 Å². The highest BCUT2D eigenvalue weighted by Gasteiger charge is 2.10. The van der Waals surface area contributed by atoms with Gasteiger partial charge < -0.3 is 10.5 Å². The smallest absolute Gasteiger partial charge is 0.227 e. The fourth-order valence-electron chi connectivity index (χ4n) is 1.39. The van der Waals surface area contributed by atoms with Crippen LogP contribution in [-0.2, 0) is 13.5 Å². The molecule has 0 saturated carbocycles. The van der Waals surface area contributed by atoms with Gasteiger partial charge in [0.15, 0.2) is 5.75 Å². The van der Waals surface area contributed by atoms with E-state index in [9.17, 15) is 0 Å². The summed E-state index contributed by atoms with van der Waals surface area (Å²) in [7, 11) is 1.82. The molecule has 2 aromatic rings. The fourth-order valence-corrected chi connectivity index (χ4v) is 1.39. The van der Waals surface area contributed by atoms with Gasteiger partial charge in [0.05, 0.1) is 18.0 Å². The normalized spacial score (nSPS) is 10.4. The van der Waals surface area contributed by atoms with Gasteiger partial charge in [0.2, 0.25) is 5.88 Å². The third-order valence-electron chi connectivity index (χ3n) is 2.19. The van der Waals surface area contributed by atoms with E-state index in [2.05, 4.69) is 15.1 Å². The topological polar surface area (TPSA) is 78.8 Å². The molecule has 6 nitrogen and oxygen atoms in total. The van der Waals surface area contributed by atoms with Crippen LogP contribution in [0.3, 0.4) is 0 Å². The molecule has 0 amide bonds. The summed E-state index contributed by atoms with van der Waals surface area (Å²) >= 11 is 0. The molecule has 0 radical (unpaired) electrons. The van der Waals surface area contributed by atoms with E-state index < -0.39 is 0 Å². The number of nitrogens with two attached hydrogens (primary N) is 1. The lowest BCUT2D eigenvalue weighted by atomic mass is 10.2. The first-order chi connectivity index (χ1) is 7.70. The van der Waals surface area contributed by atoms with Gasteiger partial charge in [-0.25, -0.2) is 9.97 Å². The van der Waals surface area contributed by atoms with Gasteiger partial charge in [-0.1, -0.05) is 6.92 Å². The molecule has 0 aliphatic rings. The Bertz CT molecular complexity index is 494. The fraction of sp³-hybridized carbons (Fsp3) is 0.300. The van der Waals surface area contributed by atoms with Crippen molar-refractivity contribution in [1.29, 1.82) is 0 Å². The molecule has 0 aliphatic heterocycles. The zero-order valence-electron chi connectivity index (χ0n) is 9.21. The summed E-state index contributed by atoms with van der Waals surface area (Å²) in [4.78, 5) is 7.99. The predicted molar refractivity (Wildman–Crippen MR) is 59.1 cm³/mol. The Balaban J connectivity index is 2.30. The second-order valence-electron chi connectivity index (χ2n) is 3.35. The van der Waals surface area contributed by atoms with Crippen molar-refractivity contribution in [1.82, 2.24) is 19.7 Å². The van der Waals surface area contributed by atoms with Gasteiger partial charge >= 0.3 is 0 Å². The van der Waals surface area contributed by atoms with Crippen LogP contribution in [0.25, 0.3) is 0 Å². The number of aromatic nitrogens is 4. The van der Waals surface area contributed by atoms with Crippen LogP contribution in [0.2, 0.25) is 0 Å². The van der Waals surface area contributed by atoms with Gasteiger partial charge in [-0.2, -0.15) is 5.10 Å². The summed E-state index contributed by atoms with van der Waals surface area (Å²) in [6, 6.07) is 0. The van der Waals surface area contributed by atoms with E-state index in [1.807, 2.05) is 14.0 Å². The average molecular weight is 219 g/mol. The van der Waals surface area contributed by atoms with E-state index in [1.54, 1.807) is 17.1 Å². The maximum atomic E-state index is 5.74. The predicted octanol–water partition coefficient (Wildman–Crippen LogP) is 1.15. The lowest BCUT2D eigenvalue weighted by Gasteiger charge is -2.07. The van der Waals surface area contributed by atoms with E-state index >= 15 is 0 Å². The Kier molecular flexibility index (Phi) is 2.72. The molecule has 0 aromatic carbocycles. The quantitative estimate of drug-likeness (QED) is 0.837. The van der Waals surface area contributed by atoms with Crippen LogP contribution in [0.4, 0.5) is 5.82 Å². The van der Waals surface area contributed by atoms with Crippen LogP contribution in [0.5, 0.6) is 11.6 Å². The van der Waals surface area contributed by atoms with Crippen LogP contribution in [0, 0.1) is 0 Å². The molecule has 16 heavy (non-hydrogen) atoms. The molecule has 0 spiro atoms. The van der Waals surface area contributed by atoms with Crippen molar-refractivity contribution in [2.45, 2.75) is 13.3 Å². The first-order valence-electron chi connectivity index (χ1n) is 4.96. The van der Waals surface area contributed by atoms with Crippen LogP contribution in [0.1, 0.15) is 12.5 Å². The Morgan fingerprint density at radius 1 is 1.44 bits per heavy atom. The summed E-state index contributed by atoms with van der Waals surface area (Å²) in [5.74, 6) is 1.58. The molecule has 0 saturated heterocycles. The molecule has 0 aliphatic carbocycles. The van der Waals surface area contributed by atoms with Gasteiger partial charge in [-0.3, -0.25) is 4.68 Å². The summed E-state index contributed by atoms with van der Waals surface area (Å²) < 4.78 is 7.25. The van der Waals surface area contributed by atoms with E-state index in [0.29, 0.717) is 17.4 Å². The molecule has 0 unspecified atom stereocenters. The van der Waals surface area contributed by atoms with E-state index in [1.165, 1.54) is 6.33 Å². The number of hydrogen-bond donors (Lipinski definition) is 1. The number of nitrogens with zero attached hydrogens (tertiary/aromatic N) is 4. The van der Waals surface area contributed by atoms with Crippen molar-refractivity contribution in [2.75, 3.05) is 5.73 Å². The van der Waals surface area contributed by atoms with Gasteiger partial charge in [0.1, 0.15) is 12.1 Å². The number of nitrogen functional groups attached to an aromatic ring is 1. The van der Waals surface area contributed by atoms with Crippen molar-refractivity contribution >= 4 is 5.82 Å². The van der Waals surface area contributed by atoms with Gasteiger partial charge in [-0.15, -0.1) is 0 Å². The third-order valence-corrected chi connectivity index (χ3v) is 2.19. The molecule has 0 bridgehead atoms. The molecular formula is C10H13N5O. The van der Waals surface area contributed by atoms with Gasteiger partial charge in [0.25, 0.3) is 0 Å². The van der Waals surface area contributed by atoms with E-state index in [-0.39, 0.29) is 0 Å². The highest BCUT2D eigenvalue weighted by molar-refractivity contribution is 5.45. The molecule has 6 heteroatoms. The van der Waals surface area contributed by atoms with Crippen LogP contribution in [0.15, 0.2) is 18.7 Å². The minimum absolute atomic E-state index is 0.455. The molecule has 2 N–H and O–H groups in total. The standard InChI is InChI=1S/C10H13N5O/c1-3-8-9(11)12-6-13-10(8)16-7-4-14-15(2)5-7/h4-6H,3H2,1-2H3,(H2,11,12,13). The molecule has 84 valence electrons. The summed E-state index contributed by atoms with van der Waals surface area (Å²) in [5, 5.41) is 4.01. The maximum absolute atomic E-state index is 5.74. The second kappa shape index (κ2) is 4.18. The molecule has 2 aromatic heterocycles. The van der Waals surface area contributed by atoms with E-state index in [4.69, 9.17) is 10.5 Å². The molecule has 0 fully saturated rings. The Morgan fingerprint density at radius 3 is 2.88 bits per heavy atom. The minimum Gasteiger partial charge on any atom is -0.435 e. The van der Waals surface area contributed by atoms with Crippen molar-refractivity contribution in [3.8, 4) is 11.6 Å². The SMILES string of the molecule is CCc1c(N)ncnc1Oc1cnn(C)c1.